The van der Waals surface area contributed by atoms with E-state index in [0.717, 1.165) is 16.1 Å². The maximum atomic E-state index is 12.4. The predicted octanol–water partition coefficient (Wildman–Crippen LogP) is 3.29. The smallest absolute Gasteiger partial charge is 0.241 e. The van der Waals surface area contributed by atoms with Crippen LogP contribution in [0.15, 0.2) is 48.5 Å². The second kappa shape index (κ2) is 7.89. The van der Waals surface area contributed by atoms with E-state index < -0.39 is 10.0 Å². The molecule has 0 spiro atoms. The number of amides is 1. The molecular formula is C18H21ClN2O3S. The fourth-order valence-corrected chi connectivity index (χ4v) is 3.57. The van der Waals surface area contributed by atoms with Crippen molar-refractivity contribution in [3.63, 3.8) is 0 Å². The molecule has 0 aromatic heterocycles. The van der Waals surface area contributed by atoms with Crippen molar-refractivity contribution >= 4 is 33.2 Å². The highest BCUT2D eigenvalue weighted by atomic mass is 35.5. The Hall–Kier alpha value is -2.05. The molecular weight excluding hydrogens is 360 g/mol. The van der Waals surface area contributed by atoms with Gasteiger partial charge in [-0.25, -0.2) is 8.42 Å². The summed E-state index contributed by atoms with van der Waals surface area (Å²) in [5.41, 5.74) is 1.96. The molecule has 1 atom stereocenters. The Labute approximate surface area is 153 Å². The predicted molar refractivity (Wildman–Crippen MR) is 101 cm³/mol. The van der Waals surface area contributed by atoms with Gasteiger partial charge in [0, 0.05) is 5.02 Å². The number of rotatable bonds is 6. The van der Waals surface area contributed by atoms with Gasteiger partial charge < -0.3 is 5.32 Å². The van der Waals surface area contributed by atoms with Crippen LogP contribution < -0.4 is 9.62 Å². The number of hydrogen-bond acceptors (Lipinski definition) is 3. The fourth-order valence-electron chi connectivity index (χ4n) is 2.49. The third-order valence-corrected chi connectivity index (χ3v) is 5.41. The molecule has 2 aromatic carbocycles. The van der Waals surface area contributed by atoms with Gasteiger partial charge >= 0.3 is 0 Å². The SMILES string of the molecule is Cc1c(Cl)cccc1N(CC(=O)N[C@H](C)c1ccccc1)S(C)(=O)=O. The maximum absolute atomic E-state index is 12.4. The Kier molecular flexibility index (Phi) is 6.08. The van der Waals surface area contributed by atoms with E-state index >= 15 is 0 Å². The normalized spacial score (nSPS) is 12.5. The minimum Gasteiger partial charge on any atom is -0.348 e. The number of carbonyl (C=O) groups is 1. The van der Waals surface area contributed by atoms with Crippen LogP contribution in [-0.4, -0.2) is 27.1 Å². The molecule has 134 valence electrons. The zero-order chi connectivity index (χ0) is 18.6. The highest BCUT2D eigenvalue weighted by Gasteiger charge is 2.23. The quantitative estimate of drug-likeness (QED) is 0.836. The second-order valence-corrected chi connectivity index (χ2v) is 8.17. The summed E-state index contributed by atoms with van der Waals surface area (Å²) >= 11 is 6.09. The topological polar surface area (TPSA) is 66.5 Å². The molecule has 0 saturated carbocycles. The van der Waals surface area contributed by atoms with E-state index in [-0.39, 0.29) is 18.5 Å². The lowest BCUT2D eigenvalue weighted by atomic mass is 10.1. The largest absolute Gasteiger partial charge is 0.348 e. The van der Waals surface area contributed by atoms with Crippen molar-refractivity contribution in [3.8, 4) is 0 Å². The minimum absolute atomic E-state index is 0.226. The number of nitrogens with zero attached hydrogens (tertiary/aromatic N) is 1. The lowest BCUT2D eigenvalue weighted by Gasteiger charge is -2.25. The summed E-state index contributed by atoms with van der Waals surface area (Å²) in [5.74, 6) is -0.388. The highest BCUT2D eigenvalue weighted by Crippen LogP contribution is 2.28. The monoisotopic (exact) mass is 380 g/mol. The molecule has 1 amide bonds. The third-order valence-electron chi connectivity index (χ3n) is 3.87. The summed E-state index contributed by atoms with van der Waals surface area (Å²) in [4.78, 5) is 12.4. The van der Waals surface area contributed by atoms with Gasteiger partial charge in [-0.1, -0.05) is 48.0 Å². The van der Waals surface area contributed by atoms with E-state index in [1.54, 1.807) is 25.1 Å². The van der Waals surface area contributed by atoms with Crippen molar-refractivity contribution in [3.05, 3.63) is 64.7 Å². The first-order chi connectivity index (χ1) is 11.7. The molecule has 0 heterocycles. The zero-order valence-corrected chi connectivity index (χ0v) is 15.9. The molecule has 2 rings (SSSR count). The fraction of sp³-hybridized carbons (Fsp3) is 0.278. The van der Waals surface area contributed by atoms with Crippen LogP contribution in [0.25, 0.3) is 0 Å². The summed E-state index contributed by atoms with van der Waals surface area (Å²) in [6.07, 6.45) is 1.07. The molecule has 0 aliphatic heterocycles. The van der Waals surface area contributed by atoms with Gasteiger partial charge in [0.05, 0.1) is 18.0 Å². The summed E-state index contributed by atoms with van der Waals surface area (Å²) in [6, 6.07) is 14.2. The van der Waals surface area contributed by atoms with E-state index in [0.29, 0.717) is 16.3 Å². The standard InChI is InChI=1S/C18H21ClN2O3S/c1-13-16(19)10-7-11-17(13)21(25(3,23)24)12-18(22)20-14(2)15-8-5-4-6-9-15/h4-11,14H,12H2,1-3H3,(H,20,22)/t14-/m1/s1. The summed E-state index contributed by atoms with van der Waals surface area (Å²) in [6.45, 7) is 3.26. The number of hydrogen-bond donors (Lipinski definition) is 1. The number of nitrogens with one attached hydrogen (secondary N) is 1. The number of carbonyl (C=O) groups excluding carboxylic acids is 1. The van der Waals surface area contributed by atoms with Gasteiger partial charge in [-0.05, 0) is 37.1 Å². The van der Waals surface area contributed by atoms with E-state index in [9.17, 15) is 13.2 Å². The first-order valence-corrected chi connectivity index (χ1v) is 10.00. The van der Waals surface area contributed by atoms with Crippen molar-refractivity contribution in [2.24, 2.45) is 0 Å². The van der Waals surface area contributed by atoms with Gasteiger partial charge in [-0.3, -0.25) is 9.10 Å². The first kappa shape index (κ1) is 19.3. The average molecular weight is 381 g/mol. The molecule has 0 saturated heterocycles. The Morgan fingerprint density at radius 3 is 2.40 bits per heavy atom. The van der Waals surface area contributed by atoms with Crippen molar-refractivity contribution in [2.45, 2.75) is 19.9 Å². The highest BCUT2D eigenvalue weighted by molar-refractivity contribution is 7.92. The average Bonchev–Trinajstić information content (AvgIpc) is 2.55. The van der Waals surface area contributed by atoms with E-state index in [1.807, 2.05) is 37.3 Å². The molecule has 1 N–H and O–H groups in total. The van der Waals surface area contributed by atoms with Crippen molar-refractivity contribution in [1.29, 1.82) is 0 Å². The second-order valence-electron chi connectivity index (χ2n) is 5.85. The minimum atomic E-state index is -3.64. The molecule has 0 bridgehead atoms. The Morgan fingerprint density at radius 1 is 1.16 bits per heavy atom. The number of benzene rings is 2. The summed E-state index contributed by atoms with van der Waals surface area (Å²) < 4.78 is 25.4. The van der Waals surface area contributed by atoms with Crippen molar-refractivity contribution < 1.29 is 13.2 Å². The maximum Gasteiger partial charge on any atom is 0.241 e. The molecule has 0 fully saturated rings. The number of halogens is 1. The lowest BCUT2D eigenvalue weighted by molar-refractivity contribution is -0.120. The molecule has 7 heteroatoms. The Morgan fingerprint density at radius 2 is 1.80 bits per heavy atom. The van der Waals surface area contributed by atoms with E-state index in [1.165, 1.54) is 0 Å². The summed E-state index contributed by atoms with van der Waals surface area (Å²) in [7, 11) is -3.64. The molecule has 25 heavy (non-hydrogen) atoms. The lowest BCUT2D eigenvalue weighted by Crippen LogP contribution is -2.41. The van der Waals surface area contributed by atoms with Crippen LogP contribution in [-0.2, 0) is 14.8 Å². The van der Waals surface area contributed by atoms with Gasteiger partial charge in [0.15, 0.2) is 0 Å². The third kappa shape index (κ3) is 4.96. The number of anilines is 1. The van der Waals surface area contributed by atoms with Gasteiger partial charge in [-0.15, -0.1) is 0 Å². The Balaban J connectivity index is 2.21. The van der Waals surface area contributed by atoms with Crippen molar-refractivity contribution in [1.82, 2.24) is 5.32 Å². The van der Waals surface area contributed by atoms with Crippen LogP contribution in [0.5, 0.6) is 0 Å². The summed E-state index contributed by atoms with van der Waals surface area (Å²) in [5, 5.41) is 3.27. The molecule has 0 aliphatic carbocycles. The number of sulfonamides is 1. The van der Waals surface area contributed by atoms with Crippen LogP contribution in [0.4, 0.5) is 5.69 Å². The zero-order valence-electron chi connectivity index (χ0n) is 14.4. The van der Waals surface area contributed by atoms with Gasteiger partial charge in [0.2, 0.25) is 15.9 Å². The molecule has 0 radical (unpaired) electrons. The van der Waals surface area contributed by atoms with Crippen LogP contribution in [0.1, 0.15) is 24.1 Å². The van der Waals surface area contributed by atoms with Crippen LogP contribution >= 0.6 is 11.6 Å². The van der Waals surface area contributed by atoms with Crippen LogP contribution in [0, 0.1) is 6.92 Å². The van der Waals surface area contributed by atoms with E-state index in [4.69, 9.17) is 11.6 Å². The van der Waals surface area contributed by atoms with Crippen molar-refractivity contribution in [2.75, 3.05) is 17.1 Å². The van der Waals surface area contributed by atoms with Gasteiger partial charge in [0.1, 0.15) is 6.54 Å². The molecule has 5 nitrogen and oxygen atoms in total. The molecule has 0 unspecified atom stereocenters. The van der Waals surface area contributed by atoms with Gasteiger partial charge in [0.25, 0.3) is 0 Å². The van der Waals surface area contributed by atoms with Crippen LogP contribution in [0.2, 0.25) is 5.02 Å². The molecule has 2 aromatic rings. The van der Waals surface area contributed by atoms with Crippen LogP contribution in [0.3, 0.4) is 0 Å². The first-order valence-electron chi connectivity index (χ1n) is 7.77. The van der Waals surface area contributed by atoms with Gasteiger partial charge in [-0.2, -0.15) is 0 Å². The van der Waals surface area contributed by atoms with E-state index in [2.05, 4.69) is 5.32 Å². The Bertz CT molecular complexity index is 854. The molecule has 0 aliphatic rings.